The quantitative estimate of drug-likeness (QED) is 0.915. The molecule has 1 aliphatic rings. The van der Waals surface area contributed by atoms with Gasteiger partial charge < -0.3 is 10.2 Å². The van der Waals surface area contributed by atoms with Crippen molar-refractivity contribution < 1.29 is 4.79 Å². The first-order valence-corrected chi connectivity index (χ1v) is 8.61. The summed E-state index contributed by atoms with van der Waals surface area (Å²) in [6.07, 6.45) is 5.58. The van der Waals surface area contributed by atoms with Gasteiger partial charge in [0, 0.05) is 25.0 Å². The van der Waals surface area contributed by atoms with Crippen LogP contribution in [0.1, 0.15) is 41.3 Å². The zero-order chi connectivity index (χ0) is 17.1. The molecule has 4 heteroatoms. The van der Waals surface area contributed by atoms with E-state index < -0.39 is 0 Å². The number of hydrogen-bond donors (Lipinski definition) is 1. The number of piperidine rings is 1. The van der Waals surface area contributed by atoms with E-state index in [1.807, 2.05) is 17.0 Å². The first-order chi connectivity index (χ1) is 11.5. The van der Waals surface area contributed by atoms with Gasteiger partial charge in [0.1, 0.15) is 0 Å². The molecule has 126 valence electrons. The summed E-state index contributed by atoms with van der Waals surface area (Å²) in [5, 5.41) is 3.34. The van der Waals surface area contributed by atoms with E-state index in [0.717, 1.165) is 37.3 Å². The maximum absolute atomic E-state index is 12.7. The van der Waals surface area contributed by atoms with Crippen LogP contribution in [-0.4, -0.2) is 28.9 Å². The summed E-state index contributed by atoms with van der Waals surface area (Å²) in [4.78, 5) is 18.9. The van der Waals surface area contributed by atoms with Gasteiger partial charge in [-0.25, -0.2) is 0 Å². The van der Waals surface area contributed by atoms with Gasteiger partial charge in [-0.1, -0.05) is 13.0 Å². The lowest BCUT2D eigenvalue weighted by Crippen LogP contribution is -2.37. The fraction of sp³-hybridized carbons (Fsp3) is 0.400. The number of likely N-dealkylation sites (tertiary alicyclic amines) is 1. The van der Waals surface area contributed by atoms with E-state index in [0.29, 0.717) is 11.5 Å². The van der Waals surface area contributed by atoms with Crippen LogP contribution in [0.5, 0.6) is 0 Å². The van der Waals surface area contributed by atoms with Gasteiger partial charge in [-0.3, -0.25) is 9.78 Å². The molecule has 0 spiro atoms. The third-order valence-electron chi connectivity index (χ3n) is 4.85. The molecular formula is C20H25N3O. The zero-order valence-corrected chi connectivity index (χ0v) is 14.7. The number of nitrogens with zero attached hydrogens (tertiary/aromatic N) is 2. The molecule has 1 aliphatic heterocycles. The number of pyridine rings is 1. The molecule has 0 atom stereocenters. The van der Waals surface area contributed by atoms with Gasteiger partial charge in [-0.05, 0) is 61.9 Å². The van der Waals surface area contributed by atoms with Crippen molar-refractivity contribution in [3.05, 3.63) is 53.3 Å². The number of anilines is 2. The molecule has 0 radical (unpaired) electrons. The Kier molecular flexibility index (Phi) is 4.84. The molecule has 0 aliphatic carbocycles. The van der Waals surface area contributed by atoms with Crippen molar-refractivity contribution in [2.75, 3.05) is 18.4 Å². The van der Waals surface area contributed by atoms with E-state index in [4.69, 9.17) is 0 Å². The van der Waals surface area contributed by atoms with Gasteiger partial charge in [-0.2, -0.15) is 0 Å². The van der Waals surface area contributed by atoms with Crippen LogP contribution in [0.2, 0.25) is 0 Å². The van der Waals surface area contributed by atoms with Crippen molar-refractivity contribution in [1.29, 1.82) is 0 Å². The van der Waals surface area contributed by atoms with E-state index in [2.05, 4.69) is 43.2 Å². The van der Waals surface area contributed by atoms with E-state index in [1.54, 1.807) is 12.4 Å². The molecular weight excluding hydrogens is 298 g/mol. The van der Waals surface area contributed by atoms with E-state index >= 15 is 0 Å². The van der Waals surface area contributed by atoms with Crippen LogP contribution in [0.3, 0.4) is 0 Å². The Morgan fingerprint density at radius 1 is 1.08 bits per heavy atom. The van der Waals surface area contributed by atoms with Crippen molar-refractivity contribution >= 4 is 17.3 Å². The highest BCUT2D eigenvalue weighted by atomic mass is 16.2. The molecule has 0 unspecified atom stereocenters. The van der Waals surface area contributed by atoms with Crippen LogP contribution in [0.4, 0.5) is 11.4 Å². The van der Waals surface area contributed by atoms with Crippen LogP contribution >= 0.6 is 0 Å². The molecule has 1 fully saturated rings. The lowest BCUT2D eigenvalue weighted by atomic mass is 9.99. The Bertz CT molecular complexity index is 733. The monoisotopic (exact) mass is 323 g/mol. The highest BCUT2D eigenvalue weighted by molar-refractivity contribution is 5.95. The van der Waals surface area contributed by atoms with Gasteiger partial charge in [-0.15, -0.1) is 0 Å². The second-order valence-corrected chi connectivity index (χ2v) is 6.86. The Balaban J connectivity index is 1.73. The Labute approximate surface area is 143 Å². The van der Waals surface area contributed by atoms with E-state index in [-0.39, 0.29) is 5.91 Å². The molecule has 2 heterocycles. The summed E-state index contributed by atoms with van der Waals surface area (Å²) in [6, 6.07) is 8.14. The molecule has 1 saturated heterocycles. The summed E-state index contributed by atoms with van der Waals surface area (Å²) >= 11 is 0. The minimum absolute atomic E-state index is 0.0816. The Morgan fingerprint density at radius 3 is 2.54 bits per heavy atom. The predicted molar refractivity (Wildman–Crippen MR) is 97.7 cm³/mol. The number of benzene rings is 1. The van der Waals surface area contributed by atoms with Gasteiger partial charge in [0.2, 0.25) is 0 Å². The van der Waals surface area contributed by atoms with Crippen LogP contribution < -0.4 is 5.32 Å². The Hall–Kier alpha value is -2.36. The highest BCUT2D eigenvalue weighted by Crippen LogP contribution is 2.22. The number of aromatic nitrogens is 1. The van der Waals surface area contributed by atoms with Crippen LogP contribution in [0, 0.1) is 19.8 Å². The van der Waals surface area contributed by atoms with Crippen molar-refractivity contribution in [1.82, 2.24) is 9.88 Å². The summed E-state index contributed by atoms with van der Waals surface area (Å²) in [5.74, 6) is 0.795. The zero-order valence-electron chi connectivity index (χ0n) is 14.7. The molecule has 1 amide bonds. The fourth-order valence-electron chi connectivity index (χ4n) is 3.01. The average Bonchev–Trinajstić information content (AvgIpc) is 2.58. The molecule has 1 N–H and O–H groups in total. The average molecular weight is 323 g/mol. The molecule has 0 bridgehead atoms. The molecule has 2 aromatic rings. The molecule has 0 saturated carbocycles. The van der Waals surface area contributed by atoms with Crippen LogP contribution in [0.25, 0.3) is 0 Å². The minimum atomic E-state index is 0.0816. The van der Waals surface area contributed by atoms with Gasteiger partial charge in [0.05, 0.1) is 17.4 Å². The first-order valence-electron chi connectivity index (χ1n) is 8.61. The minimum Gasteiger partial charge on any atom is -0.354 e. The van der Waals surface area contributed by atoms with Gasteiger partial charge in [0.15, 0.2) is 0 Å². The van der Waals surface area contributed by atoms with Crippen molar-refractivity contribution in [2.24, 2.45) is 5.92 Å². The molecule has 1 aromatic carbocycles. The Morgan fingerprint density at radius 2 is 1.83 bits per heavy atom. The molecule has 3 rings (SSSR count). The second kappa shape index (κ2) is 7.04. The summed E-state index contributed by atoms with van der Waals surface area (Å²) in [7, 11) is 0. The SMILES string of the molecule is Cc1ccc(Nc2cncc(C(=O)N3CCC(C)CC3)c2)cc1C. The third kappa shape index (κ3) is 3.75. The van der Waals surface area contributed by atoms with E-state index in [1.165, 1.54) is 11.1 Å². The fourth-order valence-corrected chi connectivity index (χ4v) is 3.01. The van der Waals surface area contributed by atoms with Crippen molar-refractivity contribution in [3.8, 4) is 0 Å². The van der Waals surface area contributed by atoms with Crippen LogP contribution in [0.15, 0.2) is 36.7 Å². The van der Waals surface area contributed by atoms with Gasteiger partial charge in [0.25, 0.3) is 5.91 Å². The lowest BCUT2D eigenvalue weighted by Gasteiger charge is -2.30. The predicted octanol–water partition coefficient (Wildman–Crippen LogP) is 4.31. The third-order valence-corrected chi connectivity index (χ3v) is 4.85. The summed E-state index contributed by atoms with van der Waals surface area (Å²) in [5.41, 5.74) is 5.01. The highest BCUT2D eigenvalue weighted by Gasteiger charge is 2.21. The number of carbonyl (C=O) groups excluding carboxylic acids is 1. The number of aryl methyl sites for hydroxylation is 2. The van der Waals surface area contributed by atoms with Gasteiger partial charge >= 0.3 is 0 Å². The van der Waals surface area contributed by atoms with Crippen molar-refractivity contribution in [3.63, 3.8) is 0 Å². The van der Waals surface area contributed by atoms with Crippen molar-refractivity contribution in [2.45, 2.75) is 33.6 Å². The number of rotatable bonds is 3. The summed E-state index contributed by atoms with van der Waals surface area (Å²) < 4.78 is 0. The number of amides is 1. The number of hydrogen-bond acceptors (Lipinski definition) is 3. The maximum Gasteiger partial charge on any atom is 0.255 e. The largest absolute Gasteiger partial charge is 0.354 e. The lowest BCUT2D eigenvalue weighted by molar-refractivity contribution is 0.0697. The molecule has 4 nitrogen and oxygen atoms in total. The van der Waals surface area contributed by atoms with E-state index in [9.17, 15) is 4.79 Å². The number of carbonyl (C=O) groups is 1. The van der Waals surface area contributed by atoms with Crippen LogP contribution in [-0.2, 0) is 0 Å². The molecule has 1 aromatic heterocycles. The summed E-state index contributed by atoms with van der Waals surface area (Å²) in [6.45, 7) is 8.12. The molecule has 24 heavy (non-hydrogen) atoms. The number of nitrogens with one attached hydrogen (secondary N) is 1. The smallest absolute Gasteiger partial charge is 0.255 e. The topological polar surface area (TPSA) is 45.2 Å². The standard InChI is InChI=1S/C20H25N3O/c1-14-6-8-23(9-7-14)20(24)17-11-19(13-21-12-17)22-18-5-4-15(2)16(3)10-18/h4-5,10-14,22H,6-9H2,1-3H3. The second-order valence-electron chi connectivity index (χ2n) is 6.86. The normalized spacial score (nSPS) is 15.4. The first kappa shape index (κ1) is 16.5. The maximum atomic E-state index is 12.7.